The first-order chi connectivity index (χ1) is 13.8. The summed E-state index contributed by atoms with van der Waals surface area (Å²) in [5, 5.41) is 2.74. The molecule has 0 aliphatic heterocycles. The lowest BCUT2D eigenvalue weighted by molar-refractivity contribution is -0.112. The number of aromatic nitrogens is 1. The molecule has 0 fully saturated rings. The Morgan fingerprint density at radius 2 is 1.93 bits per heavy atom. The van der Waals surface area contributed by atoms with Crippen LogP contribution in [-0.4, -0.2) is 16.6 Å². The van der Waals surface area contributed by atoms with E-state index in [1.165, 1.54) is 12.1 Å². The number of pyridine rings is 1. The number of carbonyl (C=O) groups is 1. The summed E-state index contributed by atoms with van der Waals surface area (Å²) >= 11 is 0. The zero-order valence-corrected chi connectivity index (χ0v) is 16.7. The Bertz CT molecular complexity index is 1090. The molecule has 1 aliphatic carbocycles. The lowest BCUT2D eigenvalue weighted by atomic mass is 9.90. The van der Waals surface area contributed by atoms with Crippen LogP contribution < -0.4 is 5.32 Å². The molecule has 1 heterocycles. The van der Waals surface area contributed by atoms with Gasteiger partial charge in [-0.15, -0.1) is 0 Å². The van der Waals surface area contributed by atoms with Gasteiger partial charge in [-0.1, -0.05) is 30.4 Å². The molecule has 0 saturated heterocycles. The molecule has 2 aromatic rings. The molecule has 1 amide bonds. The van der Waals surface area contributed by atoms with E-state index in [4.69, 9.17) is 0 Å². The molecule has 0 unspecified atom stereocenters. The highest BCUT2D eigenvalue weighted by atomic mass is 19.1. The van der Waals surface area contributed by atoms with E-state index >= 15 is 0 Å². The Hall–Kier alpha value is -3.60. The van der Waals surface area contributed by atoms with Gasteiger partial charge in [0.1, 0.15) is 5.82 Å². The highest BCUT2D eigenvalue weighted by Gasteiger charge is 2.20. The molecule has 5 heteroatoms. The number of carbonyl (C=O) groups excluding carboxylic acids is 1. The van der Waals surface area contributed by atoms with Crippen molar-refractivity contribution in [1.82, 2.24) is 4.98 Å². The predicted molar refractivity (Wildman–Crippen MR) is 116 cm³/mol. The minimum Gasteiger partial charge on any atom is -0.322 e. The maximum absolute atomic E-state index is 13.4. The van der Waals surface area contributed by atoms with Crippen LogP contribution in [0, 0.1) is 5.82 Å². The van der Waals surface area contributed by atoms with Crippen LogP contribution in [0.25, 0.3) is 5.70 Å². The highest BCUT2D eigenvalue weighted by Crippen LogP contribution is 2.26. The van der Waals surface area contributed by atoms with Gasteiger partial charge >= 0.3 is 0 Å². The van der Waals surface area contributed by atoms with Gasteiger partial charge in [0.2, 0.25) is 0 Å². The third-order valence-electron chi connectivity index (χ3n) is 4.48. The molecule has 0 spiro atoms. The monoisotopic (exact) mass is 387 g/mol. The van der Waals surface area contributed by atoms with Crippen LogP contribution >= 0.6 is 0 Å². The average Bonchev–Trinajstić information content (AvgIpc) is 2.69. The number of hydrogen-bond donors (Lipinski definition) is 1. The lowest BCUT2D eigenvalue weighted by Gasteiger charge is -2.18. The van der Waals surface area contributed by atoms with E-state index in [2.05, 4.69) is 21.9 Å². The molecule has 1 aromatic carbocycles. The molecule has 0 bridgehead atoms. The van der Waals surface area contributed by atoms with E-state index in [-0.39, 0.29) is 5.91 Å². The van der Waals surface area contributed by atoms with Gasteiger partial charge in [0, 0.05) is 23.0 Å². The second kappa shape index (κ2) is 8.61. The van der Waals surface area contributed by atoms with Crippen LogP contribution in [0.1, 0.15) is 26.5 Å². The highest BCUT2D eigenvalue weighted by molar-refractivity contribution is 6.21. The van der Waals surface area contributed by atoms with Crippen molar-refractivity contribution < 1.29 is 9.18 Å². The number of aliphatic imine (C=N–C) groups is 1. The number of hydrogen-bond acceptors (Lipinski definition) is 3. The third-order valence-corrected chi connectivity index (χ3v) is 4.48. The second-order valence-corrected chi connectivity index (χ2v) is 6.84. The summed E-state index contributed by atoms with van der Waals surface area (Å²) in [6, 6.07) is 11.3. The quantitative estimate of drug-likeness (QED) is 0.705. The fourth-order valence-corrected chi connectivity index (χ4v) is 3.03. The molecule has 1 aromatic heterocycles. The van der Waals surface area contributed by atoms with Gasteiger partial charge in [-0.25, -0.2) is 9.38 Å². The number of amides is 1. The van der Waals surface area contributed by atoms with Gasteiger partial charge < -0.3 is 5.32 Å². The summed E-state index contributed by atoms with van der Waals surface area (Å²) in [4.78, 5) is 21.8. The van der Waals surface area contributed by atoms with Crippen molar-refractivity contribution in [1.29, 1.82) is 0 Å². The van der Waals surface area contributed by atoms with Gasteiger partial charge in [0.15, 0.2) is 0 Å². The largest absolute Gasteiger partial charge is 0.322 e. The number of benzene rings is 1. The van der Waals surface area contributed by atoms with E-state index in [9.17, 15) is 9.18 Å². The number of anilines is 1. The van der Waals surface area contributed by atoms with E-state index in [0.717, 1.165) is 11.1 Å². The van der Waals surface area contributed by atoms with E-state index in [0.29, 0.717) is 33.9 Å². The maximum Gasteiger partial charge on any atom is 0.251 e. The zero-order valence-electron chi connectivity index (χ0n) is 16.7. The van der Waals surface area contributed by atoms with Crippen LogP contribution in [0.4, 0.5) is 10.1 Å². The number of allylic oxidation sites excluding steroid dienone is 5. The van der Waals surface area contributed by atoms with Crippen molar-refractivity contribution >= 4 is 23.0 Å². The Balaban J connectivity index is 1.98. The Kier molecular flexibility index (Phi) is 5.98. The standard InChI is InChI=1S/C24H22FN3O/c1-15-12-16(2)23(27-18(4)22-10-5-6-11-26-22)21(13-15)17(3)24(29)28-20-9-7-8-19(25)14-20/h5-14H,4H2,1-3H3,(H,28,29)/b21-17+,27-23?. The lowest BCUT2D eigenvalue weighted by Crippen LogP contribution is -2.19. The molecule has 3 rings (SSSR count). The third kappa shape index (κ3) is 4.82. The van der Waals surface area contributed by atoms with Crippen LogP contribution in [0.5, 0.6) is 0 Å². The molecule has 1 aliphatic rings. The molecule has 0 radical (unpaired) electrons. The summed E-state index contributed by atoms with van der Waals surface area (Å²) in [7, 11) is 0. The van der Waals surface area contributed by atoms with Crippen molar-refractivity contribution in [3.05, 3.63) is 101 Å². The predicted octanol–water partition coefficient (Wildman–Crippen LogP) is 5.49. The first-order valence-corrected chi connectivity index (χ1v) is 9.19. The summed E-state index contributed by atoms with van der Waals surface area (Å²) in [5.74, 6) is -0.727. The van der Waals surface area contributed by atoms with Crippen LogP contribution in [0.3, 0.4) is 0 Å². The van der Waals surface area contributed by atoms with Gasteiger partial charge in [0.05, 0.1) is 17.1 Å². The summed E-state index contributed by atoms with van der Waals surface area (Å²) in [5.41, 5.74) is 5.36. The van der Waals surface area contributed by atoms with Gasteiger partial charge in [-0.2, -0.15) is 0 Å². The van der Waals surface area contributed by atoms with Crippen molar-refractivity contribution in [3.63, 3.8) is 0 Å². The fraction of sp³-hybridized carbons (Fsp3) is 0.125. The average molecular weight is 387 g/mol. The zero-order chi connectivity index (χ0) is 21.0. The molecular formula is C24H22FN3O. The first-order valence-electron chi connectivity index (χ1n) is 9.19. The summed E-state index contributed by atoms with van der Waals surface area (Å²) in [6.07, 6.45) is 5.60. The van der Waals surface area contributed by atoms with Crippen molar-refractivity contribution in [2.45, 2.75) is 20.8 Å². The molecule has 4 nitrogen and oxygen atoms in total. The SMILES string of the molecule is C=C(N=C1C(C)=CC(C)=C/C1=C(/C)C(=O)Nc1cccc(F)c1)c1ccccn1. The fourth-order valence-electron chi connectivity index (χ4n) is 3.03. The van der Waals surface area contributed by atoms with Gasteiger partial charge in [-0.05, 0) is 62.8 Å². The molecule has 0 atom stereocenters. The Morgan fingerprint density at radius 1 is 1.14 bits per heavy atom. The van der Waals surface area contributed by atoms with Crippen LogP contribution in [0.2, 0.25) is 0 Å². The molecular weight excluding hydrogens is 365 g/mol. The Labute approximate surface area is 169 Å². The van der Waals surface area contributed by atoms with E-state index < -0.39 is 5.82 Å². The van der Waals surface area contributed by atoms with Crippen molar-refractivity contribution in [3.8, 4) is 0 Å². The molecule has 1 N–H and O–H groups in total. The number of halogens is 1. The van der Waals surface area contributed by atoms with Crippen LogP contribution in [0.15, 0.2) is 94.7 Å². The first kappa shape index (κ1) is 20.1. The van der Waals surface area contributed by atoms with E-state index in [1.807, 2.05) is 44.2 Å². The van der Waals surface area contributed by atoms with Crippen LogP contribution in [-0.2, 0) is 4.79 Å². The normalized spacial score (nSPS) is 16.8. The number of nitrogens with one attached hydrogen (secondary N) is 1. The minimum atomic E-state index is -0.408. The Morgan fingerprint density at radius 3 is 2.62 bits per heavy atom. The molecule has 0 saturated carbocycles. The van der Waals surface area contributed by atoms with E-state index in [1.54, 1.807) is 25.3 Å². The molecule has 29 heavy (non-hydrogen) atoms. The van der Waals surface area contributed by atoms with Crippen molar-refractivity contribution in [2.24, 2.45) is 4.99 Å². The smallest absolute Gasteiger partial charge is 0.251 e. The summed E-state index contributed by atoms with van der Waals surface area (Å²) < 4.78 is 13.4. The number of nitrogens with zero attached hydrogens (tertiary/aromatic N) is 2. The minimum absolute atomic E-state index is 0.319. The van der Waals surface area contributed by atoms with Crippen molar-refractivity contribution in [2.75, 3.05) is 5.32 Å². The van der Waals surface area contributed by atoms with Gasteiger partial charge in [-0.3, -0.25) is 9.78 Å². The second-order valence-electron chi connectivity index (χ2n) is 6.84. The molecule has 146 valence electrons. The summed E-state index contributed by atoms with van der Waals surface area (Å²) in [6.45, 7) is 9.66. The van der Waals surface area contributed by atoms with Gasteiger partial charge in [0.25, 0.3) is 5.91 Å². The topological polar surface area (TPSA) is 54.4 Å². The number of rotatable bonds is 4. The maximum atomic E-state index is 13.4.